The second kappa shape index (κ2) is 7.82. The molecule has 0 amide bonds. The number of hydrogen-bond acceptors (Lipinski definition) is 3. The van der Waals surface area contributed by atoms with E-state index in [-0.39, 0.29) is 0 Å². The summed E-state index contributed by atoms with van der Waals surface area (Å²) < 4.78 is 32.4. The van der Waals surface area contributed by atoms with E-state index in [0.29, 0.717) is 0 Å². The van der Waals surface area contributed by atoms with Gasteiger partial charge in [0.05, 0.1) is 0 Å². The molecule has 0 unspecified atom stereocenters. The maximum atomic E-state index is 10.1. The minimum absolute atomic E-state index is 0.777. The molecule has 0 radical (unpaired) electrons. The van der Waals surface area contributed by atoms with Crippen molar-refractivity contribution in [2.45, 2.75) is 45.4 Å². The molecule has 0 aromatic rings. The van der Waals surface area contributed by atoms with E-state index < -0.39 is 10.4 Å². The second-order valence-electron chi connectivity index (χ2n) is 3.10. The minimum Gasteiger partial charge on any atom is -0.370 e. The molecule has 0 heterocycles. The Morgan fingerprint density at radius 2 is 1.86 bits per heavy atom. The molecule has 0 rings (SSSR count). The molecule has 0 bridgehead atoms. The maximum Gasteiger partial charge on any atom is 0.445 e. The van der Waals surface area contributed by atoms with Gasteiger partial charge in [-0.1, -0.05) is 32.6 Å². The Morgan fingerprint density at radius 3 is 2.43 bits per heavy atom. The van der Waals surface area contributed by atoms with Gasteiger partial charge >= 0.3 is 10.4 Å². The number of allylic oxidation sites excluding steroid dienone is 1. The predicted octanol–water partition coefficient (Wildman–Crippen LogP) is 2.68. The van der Waals surface area contributed by atoms with Crippen LogP contribution in [0.15, 0.2) is 12.3 Å². The summed E-state index contributed by atoms with van der Waals surface area (Å²) >= 11 is 0. The van der Waals surface area contributed by atoms with Gasteiger partial charge in [0.25, 0.3) is 0 Å². The topological polar surface area (TPSA) is 63.6 Å². The van der Waals surface area contributed by atoms with Crippen LogP contribution in [-0.2, 0) is 14.6 Å². The molecule has 0 aliphatic carbocycles. The van der Waals surface area contributed by atoms with Crippen molar-refractivity contribution in [1.29, 1.82) is 0 Å². The standard InChI is InChI=1S/C9H18O4S/c1-2-3-4-5-6-7-8-9-13-14(10,11)12/h8-9H,2-7H2,1H3,(H,10,11,12)/b9-8+. The van der Waals surface area contributed by atoms with Crippen LogP contribution < -0.4 is 0 Å². The monoisotopic (exact) mass is 222 g/mol. The number of rotatable bonds is 8. The summed E-state index contributed by atoms with van der Waals surface area (Å²) in [7, 11) is -4.31. The van der Waals surface area contributed by atoms with Crippen molar-refractivity contribution in [2.24, 2.45) is 0 Å². The molecule has 4 nitrogen and oxygen atoms in total. The molecule has 1 N–H and O–H groups in total. The van der Waals surface area contributed by atoms with Crippen molar-refractivity contribution >= 4 is 10.4 Å². The summed E-state index contributed by atoms with van der Waals surface area (Å²) in [5.74, 6) is 0. The summed E-state index contributed by atoms with van der Waals surface area (Å²) in [6.07, 6.45) is 9.21. The first-order chi connectivity index (χ1) is 6.56. The van der Waals surface area contributed by atoms with Crippen LogP contribution in [0.1, 0.15) is 45.4 Å². The molecule has 0 fully saturated rings. The smallest absolute Gasteiger partial charge is 0.370 e. The van der Waals surface area contributed by atoms with Crippen LogP contribution in [-0.4, -0.2) is 13.0 Å². The van der Waals surface area contributed by atoms with Gasteiger partial charge in [-0.15, -0.1) is 0 Å². The highest BCUT2D eigenvalue weighted by atomic mass is 32.3. The minimum atomic E-state index is -4.31. The lowest BCUT2D eigenvalue weighted by atomic mass is 10.1. The van der Waals surface area contributed by atoms with Crippen molar-refractivity contribution in [3.63, 3.8) is 0 Å². The molecule has 84 valence electrons. The molecule has 0 saturated heterocycles. The van der Waals surface area contributed by atoms with E-state index >= 15 is 0 Å². The van der Waals surface area contributed by atoms with E-state index in [1.54, 1.807) is 6.08 Å². The highest BCUT2D eigenvalue weighted by Crippen LogP contribution is 2.05. The fourth-order valence-electron chi connectivity index (χ4n) is 1.04. The van der Waals surface area contributed by atoms with Crippen molar-refractivity contribution in [1.82, 2.24) is 0 Å². The molecule has 5 heteroatoms. The van der Waals surface area contributed by atoms with Crippen molar-refractivity contribution < 1.29 is 17.2 Å². The van der Waals surface area contributed by atoms with Gasteiger partial charge < -0.3 is 4.18 Å². The summed E-state index contributed by atoms with van der Waals surface area (Å²) in [5.41, 5.74) is 0. The Bertz CT molecular complexity index is 244. The molecule has 0 spiro atoms. The number of hydrogen-bond donors (Lipinski definition) is 1. The van der Waals surface area contributed by atoms with Gasteiger partial charge in [-0.05, 0) is 18.9 Å². The van der Waals surface area contributed by atoms with Gasteiger partial charge in [0.1, 0.15) is 6.26 Å². The van der Waals surface area contributed by atoms with Gasteiger partial charge in [-0.3, -0.25) is 4.55 Å². The molecule has 0 aromatic heterocycles. The average Bonchev–Trinajstić information content (AvgIpc) is 2.08. The van der Waals surface area contributed by atoms with Crippen LogP contribution in [0.4, 0.5) is 0 Å². The van der Waals surface area contributed by atoms with E-state index in [0.717, 1.165) is 25.5 Å². The highest BCUT2D eigenvalue weighted by molar-refractivity contribution is 7.81. The van der Waals surface area contributed by atoms with Crippen LogP contribution in [0.3, 0.4) is 0 Å². The fraction of sp³-hybridized carbons (Fsp3) is 0.778. The van der Waals surface area contributed by atoms with Gasteiger partial charge in [-0.2, -0.15) is 8.42 Å². The van der Waals surface area contributed by atoms with Crippen LogP contribution in [0.25, 0.3) is 0 Å². The first-order valence-electron chi connectivity index (χ1n) is 4.87. The maximum absolute atomic E-state index is 10.1. The van der Waals surface area contributed by atoms with Gasteiger partial charge in [-0.25, -0.2) is 0 Å². The van der Waals surface area contributed by atoms with Gasteiger partial charge in [0.2, 0.25) is 0 Å². The highest BCUT2D eigenvalue weighted by Gasteiger charge is 1.98. The molecular formula is C9H18O4S. The molecule has 0 atom stereocenters. The first kappa shape index (κ1) is 13.4. The van der Waals surface area contributed by atoms with Gasteiger partial charge in [0, 0.05) is 0 Å². The molecule has 0 aliphatic rings. The quantitative estimate of drug-likeness (QED) is 0.389. The van der Waals surface area contributed by atoms with Crippen molar-refractivity contribution in [3.05, 3.63) is 12.3 Å². The third-order valence-corrected chi connectivity index (χ3v) is 2.10. The first-order valence-corrected chi connectivity index (χ1v) is 6.23. The van der Waals surface area contributed by atoms with E-state index in [1.165, 1.54) is 19.3 Å². The molecule has 0 aliphatic heterocycles. The lowest BCUT2D eigenvalue weighted by Crippen LogP contribution is -1.96. The largest absolute Gasteiger partial charge is 0.445 e. The summed E-state index contributed by atoms with van der Waals surface area (Å²) in [4.78, 5) is 0. The van der Waals surface area contributed by atoms with E-state index in [9.17, 15) is 8.42 Å². The second-order valence-corrected chi connectivity index (χ2v) is 4.15. The Kier molecular flexibility index (Phi) is 7.51. The molecule has 14 heavy (non-hydrogen) atoms. The summed E-state index contributed by atoms with van der Waals surface area (Å²) in [6.45, 7) is 2.15. The zero-order valence-electron chi connectivity index (χ0n) is 8.48. The molecular weight excluding hydrogens is 204 g/mol. The Morgan fingerprint density at radius 1 is 1.21 bits per heavy atom. The molecule has 0 aromatic carbocycles. The third-order valence-electron chi connectivity index (χ3n) is 1.75. The average molecular weight is 222 g/mol. The van der Waals surface area contributed by atoms with Crippen LogP contribution in [0.5, 0.6) is 0 Å². The lowest BCUT2D eigenvalue weighted by molar-refractivity contribution is 0.355. The van der Waals surface area contributed by atoms with Crippen molar-refractivity contribution in [2.75, 3.05) is 0 Å². The van der Waals surface area contributed by atoms with Crippen molar-refractivity contribution in [3.8, 4) is 0 Å². The molecule has 0 saturated carbocycles. The summed E-state index contributed by atoms with van der Waals surface area (Å²) in [5, 5.41) is 0. The SMILES string of the molecule is CCCCCCC/C=C/OS(=O)(=O)O. The Labute approximate surface area is 85.9 Å². The normalized spacial score (nSPS) is 12.1. The van der Waals surface area contributed by atoms with Crippen LogP contribution in [0.2, 0.25) is 0 Å². The number of unbranched alkanes of at least 4 members (excludes halogenated alkanes) is 5. The van der Waals surface area contributed by atoms with E-state index in [2.05, 4.69) is 11.1 Å². The summed E-state index contributed by atoms with van der Waals surface area (Å²) in [6, 6.07) is 0. The van der Waals surface area contributed by atoms with Crippen LogP contribution in [0, 0.1) is 0 Å². The fourth-order valence-corrected chi connectivity index (χ4v) is 1.26. The third kappa shape index (κ3) is 11.4. The Hall–Kier alpha value is -0.550. The predicted molar refractivity (Wildman–Crippen MR) is 55.1 cm³/mol. The Balaban J connectivity index is 3.28. The van der Waals surface area contributed by atoms with E-state index in [4.69, 9.17) is 4.55 Å². The zero-order valence-corrected chi connectivity index (χ0v) is 9.29. The van der Waals surface area contributed by atoms with Gasteiger partial charge in [0.15, 0.2) is 0 Å². The van der Waals surface area contributed by atoms with Crippen LogP contribution >= 0.6 is 0 Å². The lowest BCUT2D eigenvalue weighted by Gasteiger charge is -1.96. The zero-order chi connectivity index (χ0) is 10.9. The van der Waals surface area contributed by atoms with E-state index in [1.807, 2.05) is 0 Å².